The standard InChI is InChI=1S/C18H21ClO/c19-16-3-1-2-12(7-16)8-17(20)18-9-13-4-14(10-18)6-15(5-13)11-18/h1-3,7,13-15H,4-6,8-11H2. The molecule has 0 amide bonds. The highest BCUT2D eigenvalue weighted by Crippen LogP contribution is 2.60. The lowest BCUT2D eigenvalue weighted by Gasteiger charge is -2.56. The van der Waals surface area contributed by atoms with E-state index in [0.29, 0.717) is 12.2 Å². The van der Waals surface area contributed by atoms with Crippen LogP contribution in [0.5, 0.6) is 0 Å². The lowest BCUT2D eigenvalue weighted by Crippen LogP contribution is -2.50. The molecule has 20 heavy (non-hydrogen) atoms. The topological polar surface area (TPSA) is 17.1 Å². The zero-order valence-corrected chi connectivity index (χ0v) is 12.5. The third-order valence-electron chi connectivity index (χ3n) is 5.88. The van der Waals surface area contributed by atoms with Gasteiger partial charge >= 0.3 is 0 Å². The summed E-state index contributed by atoms with van der Waals surface area (Å²) in [7, 11) is 0. The van der Waals surface area contributed by atoms with E-state index in [-0.39, 0.29) is 5.41 Å². The van der Waals surface area contributed by atoms with Crippen molar-refractivity contribution < 1.29 is 4.79 Å². The van der Waals surface area contributed by atoms with Crippen molar-refractivity contribution >= 4 is 17.4 Å². The Morgan fingerprint density at radius 1 is 1.10 bits per heavy atom. The Balaban J connectivity index is 1.56. The van der Waals surface area contributed by atoms with E-state index < -0.39 is 0 Å². The fourth-order valence-electron chi connectivity index (χ4n) is 5.47. The van der Waals surface area contributed by atoms with Crippen LogP contribution in [0, 0.1) is 23.2 Å². The number of hydrogen-bond acceptors (Lipinski definition) is 1. The highest BCUT2D eigenvalue weighted by molar-refractivity contribution is 6.30. The van der Waals surface area contributed by atoms with E-state index >= 15 is 0 Å². The van der Waals surface area contributed by atoms with Crippen molar-refractivity contribution in [2.75, 3.05) is 0 Å². The summed E-state index contributed by atoms with van der Waals surface area (Å²) in [5.41, 5.74) is 1.11. The highest BCUT2D eigenvalue weighted by atomic mass is 35.5. The van der Waals surface area contributed by atoms with Crippen molar-refractivity contribution in [1.82, 2.24) is 0 Å². The molecule has 1 aromatic rings. The molecule has 0 radical (unpaired) electrons. The maximum absolute atomic E-state index is 12.9. The molecule has 0 atom stereocenters. The first-order valence-electron chi connectivity index (χ1n) is 7.91. The molecule has 0 saturated heterocycles. The van der Waals surface area contributed by atoms with E-state index in [1.807, 2.05) is 24.3 Å². The van der Waals surface area contributed by atoms with Gasteiger partial charge in [0.25, 0.3) is 0 Å². The number of benzene rings is 1. The predicted molar refractivity (Wildman–Crippen MR) is 80.8 cm³/mol. The fraction of sp³-hybridized carbons (Fsp3) is 0.611. The van der Waals surface area contributed by atoms with Crippen LogP contribution in [0.4, 0.5) is 0 Å². The number of hydrogen-bond donors (Lipinski definition) is 0. The summed E-state index contributed by atoms with van der Waals surface area (Å²) < 4.78 is 0. The zero-order valence-electron chi connectivity index (χ0n) is 11.8. The third-order valence-corrected chi connectivity index (χ3v) is 6.12. The molecule has 4 saturated carbocycles. The highest BCUT2D eigenvalue weighted by Gasteiger charge is 2.53. The van der Waals surface area contributed by atoms with Gasteiger partial charge in [0.2, 0.25) is 0 Å². The first-order chi connectivity index (χ1) is 9.63. The molecule has 0 N–H and O–H groups in total. The van der Waals surface area contributed by atoms with E-state index in [0.717, 1.165) is 28.3 Å². The second-order valence-electron chi connectivity index (χ2n) is 7.43. The molecule has 5 rings (SSSR count). The smallest absolute Gasteiger partial charge is 0.143 e. The number of Topliss-reactive ketones (excluding diaryl/α,β-unsaturated/α-hetero) is 1. The molecule has 4 aliphatic carbocycles. The maximum atomic E-state index is 12.9. The summed E-state index contributed by atoms with van der Waals surface area (Å²) in [5, 5.41) is 0.737. The molecule has 1 aromatic carbocycles. The summed E-state index contributed by atoms with van der Waals surface area (Å²) in [6.07, 6.45) is 8.25. The van der Waals surface area contributed by atoms with Crippen molar-refractivity contribution in [3.05, 3.63) is 34.9 Å². The van der Waals surface area contributed by atoms with Gasteiger partial charge in [0.15, 0.2) is 0 Å². The molecular formula is C18H21ClO. The van der Waals surface area contributed by atoms with Gasteiger partial charge in [0.1, 0.15) is 5.78 Å². The van der Waals surface area contributed by atoms with Crippen LogP contribution < -0.4 is 0 Å². The molecule has 4 aliphatic rings. The van der Waals surface area contributed by atoms with Crippen LogP contribution in [0.3, 0.4) is 0 Å². The molecule has 4 bridgehead atoms. The largest absolute Gasteiger partial charge is 0.299 e. The van der Waals surface area contributed by atoms with Gasteiger partial charge in [-0.1, -0.05) is 23.7 Å². The summed E-state index contributed by atoms with van der Waals surface area (Å²) in [6, 6.07) is 7.80. The number of carbonyl (C=O) groups excluding carboxylic acids is 1. The minimum absolute atomic E-state index is 0.0249. The lowest BCUT2D eigenvalue weighted by molar-refractivity contribution is -0.143. The first-order valence-corrected chi connectivity index (χ1v) is 8.28. The van der Waals surface area contributed by atoms with Gasteiger partial charge < -0.3 is 0 Å². The Bertz CT molecular complexity index is 513. The molecule has 2 heteroatoms. The predicted octanol–water partition coefficient (Wildman–Crippen LogP) is 4.67. The molecule has 106 valence electrons. The van der Waals surface area contributed by atoms with Gasteiger partial charge in [0, 0.05) is 16.9 Å². The van der Waals surface area contributed by atoms with Gasteiger partial charge in [-0.25, -0.2) is 0 Å². The summed E-state index contributed by atoms with van der Waals surface area (Å²) in [5.74, 6) is 3.00. The van der Waals surface area contributed by atoms with E-state index in [9.17, 15) is 4.79 Å². The lowest BCUT2D eigenvalue weighted by atomic mass is 9.48. The average molecular weight is 289 g/mol. The maximum Gasteiger partial charge on any atom is 0.143 e. The average Bonchev–Trinajstić information content (AvgIpc) is 2.37. The Morgan fingerprint density at radius 3 is 2.25 bits per heavy atom. The third kappa shape index (κ3) is 2.11. The zero-order chi connectivity index (χ0) is 13.7. The van der Waals surface area contributed by atoms with Crippen molar-refractivity contribution in [2.24, 2.45) is 23.2 Å². The molecule has 0 spiro atoms. The van der Waals surface area contributed by atoms with E-state index in [1.54, 1.807) is 0 Å². The monoisotopic (exact) mass is 288 g/mol. The fourth-order valence-corrected chi connectivity index (χ4v) is 5.68. The van der Waals surface area contributed by atoms with Gasteiger partial charge in [-0.05, 0) is 74.0 Å². The van der Waals surface area contributed by atoms with Crippen LogP contribution in [-0.4, -0.2) is 5.78 Å². The SMILES string of the molecule is O=C(Cc1cccc(Cl)c1)C12CC3CC(CC(C3)C1)C2. The van der Waals surface area contributed by atoms with Crippen molar-refractivity contribution in [3.63, 3.8) is 0 Å². The Hall–Kier alpha value is -0.820. The second-order valence-corrected chi connectivity index (χ2v) is 7.86. The quantitative estimate of drug-likeness (QED) is 0.790. The van der Waals surface area contributed by atoms with E-state index in [1.165, 1.54) is 38.5 Å². The summed E-state index contributed by atoms with van der Waals surface area (Å²) >= 11 is 6.04. The van der Waals surface area contributed by atoms with Crippen LogP contribution in [0.15, 0.2) is 24.3 Å². The van der Waals surface area contributed by atoms with Crippen LogP contribution in [0.25, 0.3) is 0 Å². The molecule has 0 unspecified atom stereocenters. The van der Waals surface area contributed by atoms with E-state index in [4.69, 9.17) is 11.6 Å². The second kappa shape index (κ2) is 4.59. The first kappa shape index (κ1) is 12.9. The Labute approximate surface area is 125 Å². The van der Waals surface area contributed by atoms with Crippen LogP contribution in [0.2, 0.25) is 5.02 Å². The number of ketones is 1. The van der Waals surface area contributed by atoms with Crippen molar-refractivity contribution in [3.8, 4) is 0 Å². The van der Waals surface area contributed by atoms with Gasteiger partial charge in [-0.15, -0.1) is 0 Å². The molecule has 4 fully saturated rings. The summed E-state index contributed by atoms with van der Waals surface area (Å²) in [6.45, 7) is 0. The molecule has 0 aromatic heterocycles. The summed E-state index contributed by atoms with van der Waals surface area (Å²) in [4.78, 5) is 12.9. The van der Waals surface area contributed by atoms with Crippen molar-refractivity contribution in [1.29, 1.82) is 0 Å². The number of rotatable bonds is 3. The molecular weight excluding hydrogens is 268 g/mol. The molecule has 1 nitrogen and oxygen atoms in total. The van der Waals surface area contributed by atoms with Gasteiger partial charge in [-0.3, -0.25) is 4.79 Å². The van der Waals surface area contributed by atoms with Crippen LogP contribution in [0.1, 0.15) is 44.1 Å². The van der Waals surface area contributed by atoms with E-state index in [2.05, 4.69) is 0 Å². The Morgan fingerprint density at radius 2 is 1.70 bits per heavy atom. The van der Waals surface area contributed by atoms with Crippen LogP contribution in [-0.2, 0) is 11.2 Å². The Kier molecular flexibility index (Phi) is 2.96. The molecule has 0 aliphatic heterocycles. The van der Waals surface area contributed by atoms with Crippen LogP contribution >= 0.6 is 11.6 Å². The minimum Gasteiger partial charge on any atom is -0.299 e. The molecule has 0 heterocycles. The minimum atomic E-state index is 0.0249. The number of carbonyl (C=O) groups is 1. The van der Waals surface area contributed by atoms with Gasteiger partial charge in [0.05, 0.1) is 0 Å². The van der Waals surface area contributed by atoms with Crippen molar-refractivity contribution in [2.45, 2.75) is 44.9 Å². The normalized spacial score (nSPS) is 38.1. The number of halogens is 1. The van der Waals surface area contributed by atoms with Gasteiger partial charge in [-0.2, -0.15) is 0 Å².